The van der Waals surface area contributed by atoms with Crippen LogP contribution in [-0.4, -0.2) is 17.7 Å². The molecule has 0 fully saturated rings. The van der Waals surface area contributed by atoms with Gasteiger partial charge in [-0.05, 0) is 47.9 Å². The van der Waals surface area contributed by atoms with E-state index in [-0.39, 0.29) is 4.65 Å². The van der Waals surface area contributed by atoms with Gasteiger partial charge in [0.15, 0.2) is 0 Å². The lowest BCUT2D eigenvalue weighted by Crippen LogP contribution is -2.38. The summed E-state index contributed by atoms with van der Waals surface area (Å²) in [6.45, 7) is 3.15. The molecule has 0 aromatic heterocycles. The Balaban J connectivity index is 1.50. The van der Waals surface area contributed by atoms with Crippen LogP contribution < -0.4 is 0 Å². The van der Waals surface area contributed by atoms with Crippen LogP contribution in [0.2, 0.25) is 0 Å². The summed E-state index contributed by atoms with van der Waals surface area (Å²) in [6, 6.07) is 18.6. The van der Waals surface area contributed by atoms with Crippen LogP contribution in [0.1, 0.15) is 25.3 Å². The van der Waals surface area contributed by atoms with Crippen molar-refractivity contribution in [2.45, 2.75) is 19.8 Å². The predicted octanol–water partition coefficient (Wildman–Crippen LogP) is 5.27. The van der Waals surface area contributed by atoms with Gasteiger partial charge in [0, 0.05) is 18.4 Å². The van der Waals surface area contributed by atoms with Crippen LogP contribution in [0, 0.1) is 17.0 Å². The van der Waals surface area contributed by atoms with Gasteiger partial charge in [-0.3, -0.25) is 0 Å². The predicted molar refractivity (Wildman–Crippen MR) is 104 cm³/mol. The van der Waals surface area contributed by atoms with Crippen molar-refractivity contribution >= 4 is 0 Å². The molecule has 0 spiro atoms. The molecule has 1 unspecified atom stereocenters. The third kappa shape index (κ3) is 4.93. The molecular weight excluding hydrogens is 306 g/mol. The molecule has 0 saturated heterocycles. The standard InChI is InChI=1S/C23H23NO/c1-20-15-18-24(25,19-16-20)17-7-3-4-8-21-11-13-23(14-12-21)22-9-5-2-6-10-22/h2,5-6,9-16,18H,3,7,17,19H2,1H3. The number of benzene rings is 2. The monoisotopic (exact) mass is 329 g/mol. The van der Waals surface area contributed by atoms with Gasteiger partial charge in [-0.15, -0.1) is 0 Å². The lowest BCUT2D eigenvalue weighted by molar-refractivity contribution is -0.823. The highest BCUT2D eigenvalue weighted by Crippen LogP contribution is 2.19. The van der Waals surface area contributed by atoms with Gasteiger partial charge in [-0.25, -0.2) is 0 Å². The molecule has 1 heterocycles. The number of hydrogen-bond donors (Lipinski definition) is 0. The zero-order chi connectivity index (χ0) is 17.5. The van der Waals surface area contributed by atoms with Gasteiger partial charge >= 0.3 is 0 Å². The lowest BCUT2D eigenvalue weighted by Gasteiger charge is -2.39. The van der Waals surface area contributed by atoms with Gasteiger partial charge < -0.3 is 9.85 Å². The maximum atomic E-state index is 12.4. The van der Waals surface area contributed by atoms with Crippen LogP contribution in [0.3, 0.4) is 0 Å². The second-order valence-corrected chi connectivity index (χ2v) is 6.47. The van der Waals surface area contributed by atoms with Crippen molar-refractivity contribution in [2.24, 2.45) is 0 Å². The molecule has 25 heavy (non-hydrogen) atoms. The first kappa shape index (κ1) is 17.2. The fourth-order valence-corrected chi connectivity index (χ4v) is 2.82. The van der Waals surface area contributed by atoms with E-state index in [0.29, 0.717) is 13.1 Å². The molecule has 2 nitrogen and oxygen atoms in total. The third-order valence-corrected chi connectivity index (χ3v) is 4.39. The fraction of sp³-hybridized carbons (Fsp3) is 0.217. The van der Waals surface area contributed by atoms with Crippen LogP contribution in [0.25, 0.3) is 11.1 Å². The second kappa shape index (κ2) is 7.98. The Morgan fingerprint density at radius 1 is 1.00 bits per heavy atom. The van der Waals surface area contributed by atoms with Crippen LogP contribution >= 0.6 is 0 Å². The Morgan fingerprint density at radius 2 is 1.72 bits per heavy atom. The first-order valence-corrected chi connectivity index (χ1v) is 8.73. The van der Waals surface area contributed by atoms with Crippen LogP contribution in [0.15, 0.2) is 78.5 Å². The van der Waals surface area contributed by atoms with Gasteiger partial charge in [0.2, 0.25) is 0 Å². The normalized spacial score (nSPS) is 19.0. The third-order valence-electron chi connectivity index (χ3n) is 4.39. The topological polar surface area (TPSA) is 23.1 Å². The van der Waals surface area contributed by atoms with Gasteiger partial charge in [0.1, 0.15) is 6.54 Å². The minimum atomic E-state index is -0.259. The molecule has 0 saturated carbocycles. The molecular formula is C23H23NO. The van der Waals surface area contributed by atoms with Gasteiger partial charge in [0.25, 0.3) is 0 Å². The fourth-order valence-electron chi connectivity index (χ4n) is 2.82. The minimum absolute atomic E-state index is 0.259. The van der Waals surface area contributed by atoms with Gasteiger partial charge in [0.05, 0.1) is 12.7 Å². The quantitative estimate of drug-likeness (QED) is 0.324. The van der Waals surface area contributed by atoms with Crippen LogP contribution in [0.5, 0.6) is 0 Å². The molecule has 1 atom stereocenters. The molecule has 3 rings (SSSR count). The van der Waals surface area contributed by atoms with E-state index in [0.717, 1.165) is 18.4 Å². The summed E-state index contributed by atoms with van der Waals surface area (Å²) >= 11 is 0. The van der Waals surface area contributed by atoms with Crippen LogP contribution in [-0.2, 0) is 0 Å². The molecule has 126 valence electrons. The molecule has 1 aliphatic heterocycles. The molecule has 0 radical (unpaired) electrons. The summed E-state index contributed by atoms with van der Waals surface area (Å²) in [5, 5.41) is 12.4. The zero-order valence-electron chi connectivity index (χ0n) is 14.6. The van der Waals surface area contributed by atoms with E-state index in [1.54, 1.807) is 6.20 Å². The van der Waals surface area contributed by atoms with Crippen molar-refractivity contribution in [3.63, 3.8) is 0 Å². The smallest absolute Gasteiger partial charge is 0.102 e. The van der Waals surface area contributed by atoms with Crippen molar-refractivity contribution in [1.82, 2.24) is 0 Å². The minimum Gasteiger partial charge on any atom is -0.628 e. The summed E-state index contributed by atoms with van der Waals surface area (Å²) < 4.78 is -0.259. The van der Waals surface area contributed by atoms with Gasteiger partial charge in [-0.2, -0.15) is 0 Å². The Morgan fingerprint density at radius 3 is 2.40 bits per heavy atom. The van der Waals surface area contributed by atoms with Crippen molar-refractivity contribution in [1.29, 1.82) is 0 Å². The van der Waals surface area contributed by atoms with E-state index in [9.17, 15) is 5.21 Å². The molecule has 2 heteroatoms. The Hall–Kier alpha value is -2.60. The average molecular weight is 329 g/mol. The summed E-state index contributed by atoms with van der Waals surface area (Å²) in [4.78, 5) is 0. The molecule has 0 amide bonds. The number of rotatable bonds is 4. The highest BCUT2D eigenvalue weighted by molar-refractivity contribution is 5.64. The van der Waals surface area contributed by atoms with Crippen molar-refractivity contribution in [3.8, 4) is 23.0 Å². The van der Waals surface area contributed by atoms with Crippen LogP contribution in [0.4, 0.5) is 0 Å². The number of hydroxylamine groups is 3. The lowest BCUT2D eigenvalue weighted by atomic mass is 10.0. The molecule has 2 aromatic carbocycles. The number of nitrogens with zero attached hydrogens (tertiary/aromatic N) is 1. The zero-order valence-corrected chi connectivity index (χ0v) is 14.6. The summed E-state index contributed by atoms with van der Waals surface area (Å²) in [5.41, 5.74) is 4.60. The second-order valence-electron chi connectivity index (χ2n) is 6.47. The highest BCUT2D eigenvalue weighted by atomic mass is 16.5. The van der Waals surface area contributed by atoms with E-state index in [2.05, 4.69) is 48.2 Å². The summed E-state index contributed by atoms with van der Waals surface area (Å²) in [7, 11) is 0. The SMILES string of the molecule is CC1=CC[N+]([O-])(CCCC#Cc2ccc(-c3ccccc3)cc2)C=C1. The maximum absolute atomic E-state index is 12.4. The van der Waals surface area contributed by atoms with Gasteiger partial charge in [-0.1, -0.05) is 54.3 Å². The van der Waals surface area contributed by atoms with E-state index in [1.807, 2.05) is 37.3 Å². The van der Waals surface area contributed by atoms with E-state index in [4.69, 9.17) is 0 Å². The summed E-state index contributed by atoms with van der Waals surface area (Å²) in [5.74, 6) is 6.38. The largest absolute Gasteiger partial charge is 0.628 e. The molecule has 2 aromatic rings. The first-order valence-electron chi connectivity index (χ1n) is 8.73. The van der Waals surface area contributed by atoms with E-state index >= 15 is 0 Å². The molecule has 0 N–H and O–H groups in total. The number of allylic oxidation sites excluding steroid dienone is 2. The van der Waals surface area contributed by atoms with Crippen molar-refractivity contribution < 1.29 is 4.65 Å². The van der Waals surface area contributed by atoms with Crippen molar-refractivity contribution in [3.05, 3.63) is 89.3 Å². The molecule has 0 bridgehead atoms. The Kier molecular flexibility index (Phi) is 5.50. The number of quaternary nitrogens is 1. The number of unbranched alkanes of at least 4 members (excludes halogenated alkanes) is 1. The number of hydrogen-bond acceptors (Lipinski definition) is 1. The van der Waals surface area contributed by atoms with E-state index < -0.39 is 0 Å². The van der Waals surface area contributed by atoms with Crippen molar-refractivity contribution in [2.75, 3.05) is 13.1 Å². The Labute approximate surface area is 150 Å². The average Bonchev–Trinajstić information content (AvgIpc) is 2.65. The summed E-state index contributed by atoms with van der Waals surface area (Å²) in [6.07, 6.45) is 7.24. The Bertz CT molecular complexity index is 822. The van der Waals surface area contributed by atoms with E-state index in [1.165, 1.54) is 16.7 Å². The molecule has 0 aliphatic carbocycles. The first-order chi connectivity index (χ1) is 12.1. The molecule has 1 aliphatic rings. The highest BCUT2D eigenvalue weighted by Gasteiger charge is 2.14. The maximum Gasteiger partial charge on any atom is 0.102 e.